The lowest BCUT2D eigenvalue weighted by atomic mass is 9.97. The summed E-state index contributed by atoms with van der Waals surface area (Å²) in [4.78, 5) is 33.2. The van der Waals surface area contributed by atoms with Crippen LogP contribution in [0.15, 0.2) is 84.9 Å². The Bertz CT molecular complexity index is 1390. The van der Waals surface area contributed by atoms with Gasteiger partial charge in [0.2, 0.25) is 0 Å². The van der Waals surface area contributed by atoms with Crippen LogP contribution in [0.2, 0.25) is 0 Å². The van der Waals surface area contributed by atoms with Crippen LogP contribution in [0.1, 0.15) is 48.1 Å². The van der Waals surface area contributed by atoms with E-state index in [1.807, 2.05) is 96.8 Å². The molecule has 182 valence electrons. The van der Waals surface area contributed by atoms with Crippen molar-refractivity contribution >= 4 is 28.5 Å². The highest BCUT2D eigenvalue weighted by molar-refractivity contribution is 6.14. The zero-order valence-electron chi connectivity index (χ0n) is 20.2. The Labute approximate surface area is 210 Å². The number of anilines is 1. The van der Waals surface area contributed by atoms with Crippen molar-refractivity contribution in [3.63, 3.8) is 0 Å². The average molecular weight is 480 g/mol. The van der Waals surface area contributed by atoms with Crippen LogP contribution in [0.4, 0.5) is 5.69 Å². The number of hydrogen-bond acceptors (Lipinski definition) is 4. The van der Waals surface area contributed by atoms with Crippen LogP contribution in [-0.2, 0) is 4.79 Å². The summed E-state index contributed by atoms with van der Waals surface area (Å²) in [5, 5.41) is 14.0. The number of para-hydroxylation sites is 1. The maximum absolute atomic E-state index is 14.1. The van der Waals surface area contributed by atoms with E-state index in [2.05, 4.69) is 5.32 Å². The van der Waals surface area contributed by atoms with Crippen LogP contribution >= 0.6 is 0 Å². The van der Waals surface area contributed by atoms with E-state index in [9.17, 15) is 14.7 Å². The summed E-state index contributed by atoms with van der Waals surface area (Å²) in [6.45, 7) is 2.59. The Kier molecular flexibility index (Phi) is 6.67. The first-order valence-electron chi connectivity index (χ1n) is 12.4. The van der Waals surface area contributed by atoms with Crippen molar-refractivity contribution in [1.82, 2.24) is 10.3 Å². The van der Waals surface area contributed by atoms with Crippen LogP contribution in [-0.4, -0.2) is 34.6 Å². The summed E-state index contributed by atoms with van der Waals surface area (Å²) in [5.41, 5.74) is 4.26. The molecular formula is C30H29N3O3. The van der Waals surface area contributed by atoms with E-state index < -0.39 is 12.0 Å². The minimum atomic E-state index is -0.887. The Morgan fingerprint density at radius 2 is 1.67 bits per heavy atom. The Balaban J connectivity index is 1.73. The number of hydrogen-bond donors (Lipinski definition) is 2. The van der Waals surface area contributed by atoms with E-state index in [0.717, 1.165) is 24.0 Å². The van der Waals surface area contributed by atoms with Crippen LogP contribution < -0.4 is 10.2 Å². The summed E-state index contributed by atoms with van der Waals surface area (Å²) in [6, 6.07) is 26.3. The van der Waals surface area contributed by atoms with Crippen molar-refractivity contribution in [1.29, 1.82) is 0 Å². The van der Waals surface area contributed by atoms with E-state index >= 15 is 0 Å². The van der Waals surface area contributed by atoms with Gasteiger partial charge in [0.15, 0.2) is 0 Å². The van der Waals surface area contributed by atoms with Crippen molar-refractivity contribution in [2.45, 2.75) is 38.3 Å². The summed E-state index contributed by atoms with van der Waals surface area (Å²) < 4.78 is 0. The molecule has 1 fully saturated rings. The number of nitrogens with one attached hydrogen (secondary N) is 1. The number of carboxylic acids is 1. The van der Waals surface area contributed by atoms with Gasteiger partial charge in [0.05, 0.1) is 28.5 Å². The minimum absolute atomic E-state index is 0.174. The average Bonchev–Trinajstić information content (AvgIpc) is 3.41. The molecule has 0 radical (unpaired) electrons. The van der Waals surface area contributed by atoms with Gasteiger partial charge in [0.25, 0.3) is 5.91 Å². The van der Waals surface area contributed by atoms with E-state index in [1.54, 1.807) is 0 Å². The van der Waals surface area contributed by atoms with Crippen LogP contribution in [0.5, 0.6) is 0 Å². The van der Waals surface area contributed by atoms with Gasteiger partial charge in [-0.2, -0.15) is 0 Å². The monoisotopic (exact) mass is 479 g/mol. The molecule has 0 spiro atoms. The summed E-state index contributed by atoms with van der Waals surface area (Å²) in [7, 11) is 0. The quantitative estimate of drug-likeness (QED) is 0.348. The highest BCUT2D eigenvalue weighted by atomic mass is 16.4. The number of carbonyl (C=O) groups excluding carboxylic acids is 1. The molecule has 0 aliphatic carbocycles. The lowest BCUT2D eigenvalue weighted by Gasteiger charge is -2.29. The Hall–Kier alpha value is -4.19. The van der Waals surface area contributed by atoms with Gasteiger partial charge in [-0.25, -0.2) is 9.78 Å². The zero-order chi connectivity index (χ0) is 25.1. The summed E-state index contributed by atoms with van der Waals surface area (Å²) in [6.07, 6.45) is 1.99. The molecule has 2 heterocycles. The fourth-order valence-electron chi connectivity index (χ4n) is 5.14. The molecule has 1 aromatic heterocycles. The lowest BCUT2D eigenvalue weighted by molar-refractivity contribution is -0.138. The van der Waals surface area contributed by atoms with E-state index in [1.165, 1.54) is 0 Å². The molecule has 6 nitrogen and oxygen atoms in total. The number of pyridine rings is 1. The third-order valence-corrected chi connectivity index (χ3v) is 6.88. The number of aromatic nitrogens is 1. The molecule has 2 atom stereocenters. The lowest BCUT2D eigenvalue weighted by Crippen LogP contribution is -2.38. The molecule has 1 aliphatic heterocycles. The molecule has 1 unspecified atom stereocenters. The van der Waals surface area contributed by atoms with Crippen LogP contribution in [0.25, 0.3) is 22.2 Å². The minimum Gasteiger partial charge on any atom is -0.480 e. The van der Waals surface area contributed by atoms with Gasteiger partial charge in [-0.15, -0.1) is 0 Å². The number of benzene rings is 3. The summed E-state index contributed by atoms with van der Waals surface area (Å²) in [5.74, 6) is -1.12. The Morgan fingerprint density at radius 3 is 2.36 bits per heavy atom. The molecule has 0 saturated carbocycles. The van der Waals surface area contributed by atoms with Crippen molar-refractivity contribution in [3.05, 3.63) is 96.1 Å². The second kappa shape index (κ2) is 10.2. The second-order valence-electron chi connectivity index (χ2n) is 9.10. The van der Waals surface area contributed by atoms with Gasteiger partial charge in [0.1, 0.15) is 6.04 Å². The maximum Gasteiger partial charge on any atom is 0.326 e. The third-order valence-electron chi connectivity index (χ3n) is 6.88. The standard InChI is InChI=1S/C30H29N3O3/c1-2-23(20-12-5-3-6-13-20)32-29(34)26-22-16-9-10-17-24(22)31-27(21-14-7-4-8-15-21)28(26)33-19-11-18-25(33)30(35)36/h3-10,12-17,23,25H,2,11,18-19H2,1H3,(H,32,34)(H,35,36)/t23?,25-/m0/s1. The maximum atomic E-state index is 14.1. The smallest absolute Gasteiger partial charge is 0.326 e. The molecule has 4 aromatic rings. The molecule has 1 amide bonds. The number of nitrogens with zero attached hydrogens (tertiary/aromatic N) is 2. The Morgan fingerprint density at radius 1 is 1.00 bits per heavy atom. The predicted molar refractivity (Wildman–Crippen MR) is 142 cm³/mol. The van der Waals surface area contributed by atoms with Crippen LogP contribution in [0.3, 0.4) is 0 Å². The van der Waals surface area contributed by atoms with E-state index in [4.69, 9.17) is 4.98 Å². The molecule has 2 N–H and O–H groups in total. The van der Waals surface area contributed by atoms with Crippen molar-refractivity contribution < 1.29 is 14.7 Å². The SMILES string of the molecule is CCC(NC(=O)c1c(N2CCC[C@H]2C(=O)O)c(-c2ccccc2)nc2ccccc12)c1ccccc1. The van der Waals surface area contributed by atoms with Gasteiger partial charge < -0.3 is 15.3 Å². The highest BCUT2D eigenvalue weighted by Crippen LogP contribution is 2.40. The van der Waals surface area contributed by atoms with Crippen molar-refractivity contribution in [3.8, 4) is 11.3 Å². The first-order chi connectivity index (χ1) is 17.6. The zero-order valence-corrected chi connectivity index (χ0v) is 20.2. The molecule has 1 saturated heterocycles. The summed E-state index contributed by atoms with van der Waals surface area (Å²) >= 11 is 0. The number of fused-ring (bicyclic) bond motifs is 1. The molecule has 3 aromatic carbocycles. The fraction of sp³-hybridized carbons (Fsp3) is 0.233. The van der Waals surface area contributed by atoms with Gasteiger partial charge in [-0.1, -0.05) is 85.8 Å². The van der Waals surface area contributed by atoms with Gasteiger partial charge in [-0.05, 0) is 30.9 Å². The molecule has 1 aliphatic rings. The molecular weight excluding hydrogens is 450 g/mol. The molecule has 6 heteroatoms. The number of rotatable bonds is 7. The first-order valence-corrected chi connectivity index (χ1v) is 12.4. The first kappa shape index (κ1) is 23.5. The van der Waals surface area contributed by atoms with Crippen LogP contribution in [0, 0.1) is 0 Å². The normalized spacial score (nSPS) is 16.1. The molecule has 5 rings (SSSR count). The number of aliphatic carboxylic acids is 1. The van der Waals surface area contributed by atoms with Crippen molar-refractivity contribution in [2.75, 3.05) is 11.4 Å². The van der Waals surface area contributed by atoms with E-state index in [-0.39, 0.29) is 11.9 Å². The number of carbonyl (C=O) groups is 2. The fourth-order valence-corrected chi connectivity index (χ4v) is 5.14. The second-order valence-corrected chi connectivity index (χ2v) is 9.10. The number of carboxylic acid groups (broad SMARTS) is 1. The predicted octanol–water partition coefficient (Wildman–Crippen LogP) is 5.84. The van der Waals surface area contributed by atoms with Crippen molar-refractivity contribution in [2.24, 2.45) is 0 Å². The van der Waals surface area contributed by atoms with Gasteiger partial charge >= 0.3 is 5.97 Å². The molecule has 0 bridgehead atoms. The van der Waals surface area contributed by atoms with E-state index in [0.29, 0.717) is 40.8 Å². The number of amides is 1. The van der Waals surface area contributed by atoms with Gasteiger partial charge in [-0.3, -0.25) is 4.79 Å². The third kappa shape index (κ3) is 4.42. The topological polar surface area (TPSA) is 82.5 Å². The van der Waals surface area contributed by atoms with Gasteiger partial charge in [0, 0.05) is 17.5 Å². The highest BCUT2D eigenvalue weighted by Gasteiger charge is 2.36. The molecule has 36 heavy (non-hydrogen) atoms. The largest absolute Gasteiger partial charge is 0.480 e.